The average molecular weight is 293 g/mol. The van der Waals surface area contributed by atoms with Gasteiger partial charge in [0.1, 0.15) is 24.6 Å². The van der Waals surface area contributed by atoms with Crippen molar-refractivity contribution >= 4 is 23.0 Å². The van der Waals surface area contributed by atoms with E-state index in [4.69, 9.17) is 5.73 Å². The highest BCUT2D eigenvalue weighted by Crippen LogP contribution is 2.15. The number of hydrogen-bond acceptors (Lipinski definition) is 8. The Bertz CT molecular complexity index is 656. The fourth-order valence-corrected chi connectivity index (χ4v) is 1.72. The topological polar surface area (TPSA) is 136 Å². The second kappa shape index (κ2) is 6.29. The Balaban J connectivity index is 2.11. The minimum atomic E-state index is -1.68. The lowest BCUT2D eigenvalue weighted by atomic mass is 10.2. The molecular weight excluding hydrogens is 278 g/mol. The minimum absolute atomic E-state index is 0.0413. The number of aromatic nitrogens is 4. The molecule has 2 rings (SSSR count). The molecule has 4 N–H and O–H groups in total. The number of hydrogen-bond donors (Lipinski definition) is 3. The van der Waals surface area contributed by atoms with Crippen molar-refractivity contribution in [2.45, 2.75) is 18.8 Å². The van der Waals surface area contributed by atoms with Crippen LogP contribution in [0.4, 0.5) is 5.82 Å². The summed E-state index contributed by atoms with van der Waals surface area (Å²) >= 11 is 0. The van der Waals surface area contributed by atoms with E-state index in [1.165, 1.54) is 23.3 Å². The maximum atomic E-state index is 11.4. The molecule has 2 aromatic heterocycles. The number of aliphatic hydroxyl groups is 2. The molecule has 0 radical (unpaired) electrons. The predicted octanol–water partition coefficient (Wildman–Crippen LogP) is -1.14. The lowest BCUT2D eigenvalue weighted by molar-refractivity contribution is -0.158. The number of anilines is 1. The van der Waals surface area contributed by atoms with Crippen LogP contribution in [0, 0.1) is 0 Å². The van der Waals surface area contributed by atoms with Gasteiger partial charge >= 0.3 is 5.97 Å². The van der Waals surface area contributed by atoms with Gasteiger partial charge in [0, 0.05) is 0 Å². The van der Waals surface area contributed by atoms with E-state index in [1.807, 2.05) is 0 Å². The summed E-state index contributed by atoms with van der Waals surface area (Å²) in [7, 11) is 0. The van der Waals surface area contributed by atoms with Crippen molar-refractivity contribution in [3.8, 4) is 0 Å². The molecule has 2 atom stereocenters. The summed E-state index contributed by atoms with van der Waals surface area (Å²) in [5.41, 5.74) is 6.42. The molecule has 0 aliphatic heterocycles. The van der Waals surface area contributed by atoms with Crippen LogP contribution in [0.25, 0.3) is 11.2 Å². The van der Waals surface area contributed by atoms with Gasteiger partial charge in [-0.2, -0.15) is 0 Å². The van der Waals surface area contributed by atoms with E-state index in [0.29, 0.717) is 11.2 Å². The lowest BCUT2D eigenvalue weighted by Gasteiger charge is -2.16. The molecule has 0 aliphatic carbocycles. The first-order valence-electron chi connectivity index (χ1n) is 6.09. The Hall–Kier alpha value is -2.52. The highest BCUT2D eigenvalue weighted by atomic mass is 16.5. The van der Waals surface area contributed by atoms with Gasteiger partial charge < -0.3 is 25.3 Å². The molecule has 112 valence electrons. The molecule has 0 aromatic carbocycles. The van der Waals surface area contributed by atoms with E-state index in [0.717, 1.165) is 0 Å². The van der Waals surface area contributed by atoms with Crippen molar-refractivity contribution < 1.29 is 19.7 Å². The van der Waals surface area contributed by atoms with Crippen LogP contribution in [0.5, 0.6) is 0 Å². The fraction of sp³-hybridized carbons (Fsp3) is 0.333. The van der Waals surface area contributed by atoms with Crippen LogP contribution in [-0.4, -0.2) is 54.5 Å². The van der Waals surface area contributed by atoms with Crippen LogP contribution < -0.4 is 5.73 Å². The lowest BCUT2D eigenvalue weighted by Crippen LogP contribution is -2.38. The normalized spacial score (nSPS) is 13.8. The van der Waals surface area contributed by atoms with E-state index in [-0.39, 0.29) is 19.0 Å². The van der Waals surface area contributed by atoms with Crippen LogP contribution in [0.3, 0.4) is 0 Å². The maximum Gasteiger partial charge on any atom is 0.338 e. The van der Waals surface area contributed by atoms with E-state index in [2.05, 4.69) is 26.3 Å². The van der Waals surface area contributed by atoms with Crippen LogP contribution >= 0.6 is 0 Å². The average Bonchev–Trinajstić information content (AvgIpc) is 2.88. The highest BCUT2D eigenvalue weighted by Gasteiger charge is 2.26. The van der Waals surface area contributed by atoms with Crippen molar-refractivity contribution in [2.75, 3.05) is 12.3 Å². The minimum Gasteiger partial charge on any atom is -0.459 e. The molecule has 0 saturated carbocycles. The fourth-order valence-electron chi connectivity index (χ4n) is 1.72. The number of aliphatic hydroxyl groups excluding tert-OH is 2. The van der Waals surface area contributed by atoms with Crippen LogP contribution in [0.2, 0.25) is 0 Å². The number of carbonyl (C=O) groups excluding carboxylic acids is 1. The van der Waals surface area contributed by atoms with Crippen molar-refractivity contribution in [2.24, 2.45) is 0 Å². The summed E-state index contributed by atoms with van der Waals surface area (Å²) < 4.78 is 6.12. The number of nitrogens with two attached hydrogens (primary N) is 1. The quantitative estimate of drug-likeness (QED) is 0.449. The van der Waals surface area contributed by atoms with Gasteiger partial charge in [0.05, 0.1) is 12.9 Å². The van der Waals surface area contributed by atoms with E-state index in [9.17, 15) is 15.0 Å². The van der Waals surface area contributed by atoms with Gasteiger partial charge in [0.15, 0.2) is 17.6 Å². The number of esters is 1. The Labute approximate surface area is 119 Å². The van der Waals surface area contributed by atoms with Gasteiger partial charge in [0.25, 0.3) is 0 Å². The number of nitrogen functional groups attached to an aromatic ring is 1. The number of rotatable bonds is 6. The van der Waals surface area contributed by atoms with Gasteiger partial charge in [-0.25, -0.2) is 19.7 Å². The third-order valence-corrected chi connectivity index (χ3v) is 2.76. The summed E-state index contributed by atoms with van der Waals surface area (Å²) in [6.07, 6.45) is 0.954. The molecule has 9 nitrogen and oxygen atoms in total. The third-order valence-electron chi connectivity index (χ3n) is 2.76. The number of fused-ring (bicyclic) bond motifs is 1. The van der Waals surface area contributed by atoms with Crippen molar-refractivity contribution in [3.63, 3.8) is 0 Å². The van der Waals surface area contributed by atoms with E-state index >= 15 is 0 Å². The second-order valence-corrected chi connectivity index (χ2v) is 4.26. The smallest absolute Gasteiger partial charge is 0.338 e. The second-order valence-electron chi connectivity index (χ2n) is 4.26. The zero-order valence-corrected chi connectivity index (χ0v) is 11.1. The van der Waals surface area contributed by atoms with Crippen molar-refractivity contribution in [1.29, 1.82) is 0 Å². The summed E-state index contributed by atoms with van der Waals surface area (Å²) in [4.78, 5) is 23.2. The summed E-state index contributed by atoms with van der Waals surface area (Å²) in [5.74, 6) is -0.722. The van der Waals surface area contributed by atoms with Crippen LogP contribution in [0.1, 0.15) is 0 Å². The number of carbonyl (C=O) groups is 1. The molecule has 2 heterocycles. The molecule has 21 heavy (non-hydrogen) atoms. The van der Waals surface area contributed by atoms with Gasteiger partial charge in [-0.05, 0) is 0 Å². The Morgan fingerprint density at radius 1 is 1.48 bits per heavy atom. The highest BCUT2D eigenvalue weighted by molar-refractivity contribution is 5.81. The molecule has 0 fully saturated rings. The van der Waals surface area contributed by atoms with Gasteiger partial charge in [-0.15, -0.1) is 0 Å². The zero-order valence-electron chi connectivity index (χ0n) is 11.1. The first-order chi connectivity index (χ1) is 10.0. The first-order valence-corrected chi connectivity index (χ1v) is 6.09. The van der Waals surface area contributed by atoms with Gasteiger partial charge in [-0.3, -0.25) is 0 Å². The first kappa shape index (κ1) is 14.9. The third kappa shape index (κ3) is 3.15. The molecule has 0 bridgehead atoms. The molecule has 0 aliphatic rings. The Morgan fingerprint density at radius 3 is 2.95 bits per heavy atom. The largest absolute Gasteiger partial charge is 0.459 e. The van der Waals surface area contributed by atoms with E-state index in [1.54, 1.807) is 0 Å². The SMILES string of the molecule is C=CCOC(=O)[C@H](O)[C@H](O)Cn1cnc2c(N)ncnc21. The Morgan fingerprint density at radius 2 is 2.24 bits per heavy atom. The molecular formula is C12H15N5O4. The standard InChI is InChI=1S/C12H15N5O4/c1-2-3-21-12(20)9(19)7(18)4-17-6-16-8-10(13)14-5-15-11(8)17/h2,5-7,9,18-19H,1,3-4H2,(H2,13,14,15)/t7-,9-/m1/s1. The molecule has 2 aromatic rings. The van der Waals surface area contributed by atoms with Crippen molar-refractivity contribution in [3.05, 3.63) is 25.3 Å². The monoisotopic (exact) mass is 293 g/mol. The maximum absolute atomic E-state index is 11.4. The van der Waals surface area contributed by atoms with Crippen LogP contribution in [0.15, 0.2) is 25.3 Å². The van der Waals surface area contributed by atoms with Gasteiger partial charge in [0.2, 0.25) is 0 Å². The summed E-state index contributed by atoms with van der Waals surface area (Å²) in [6.45, 7) is 3.24. The molecule has 0 spiro atoms. The summed E-state index contributed by atoms with van der Waals surface area (Å²) in [6, 6.07) is 0. The number of nitrogens with zero attached hydrogens (tertiary/aromatic N) is 4. The Kier molecular flexibility index (Phi) is 4.45. The summed E-state index contributed by atoms with van der Waals surface area (Å²) in [5, 5.41) is 19.6. The van der Waals surface area contributed by atoms with Crippen molar-refractivity contribution in [1.82, 2.24) is 19.5 Å². The van der Waals surface area contributed by atoms with Crippen LogP contribution in [-0.2, 0) is 16.1 Å². The predicted molar refractivity (Wildman–Crippen MR) is 72.9 cm³/mol. The number of imidazole rings is 1. The zero-order chi connectivity index (χ0) is 15.4. The molecule has 0 unspecified atom stereocenters. The number of ether oxygens (including phenoxy) is 1. The van der Waals surface area contributed by atoms with Gasteiger partial charge in [-0.1, -0.05) is 12.7 Å². The molecule has 9 heteroatoms. The van der Waals surface area contributed by atoms with E-state index < -0.39 is 18.2 Å². The molecule has 0 amide bonds. The molecule has 0 saturated heterocycles.